The van der Waals surface area contributed by atoms with Gasteiger partial charge in [-0.3, -0.25) is 19.7 Å². The van der Waals surface area contributed by atoms with Gasteiger partial charge >= 0.3 is 6.03 Å². The van der Waals surface area contributed by atoms with Crippen LogP contribution in [0.3, 0.4) is 0 Å². The normalized spacial score (nSPS) is 14.2. The molecular formula is C27H21BrClN3O7. The number of nitrogens with one attached hydrogen (secondary N) is 2. The second kappa shape index (κ2) is 12.0. The lowest BCUT2D eigenvalue weighted by Crippen LogP contribution is -2.54. The maximum Gasteiger partial charge on any atom is 0.335 e. The van der Waals surface area contributed by atoms with Gasteiger partial charge in [0.05, 0.1) is 35.1 Å². The number of hydrogen-bond acceptors (Lipinski definition) is 7. The molecule has 12 heteroatoms. The van der Waals surface area contributed by atoms with Gasteiger partial charge in [-0.25, -0.2) is 9.69 Å². The summed E-state index contributed by atoms with van der Waals surface area (Å²) in [6, 6.07) is 15.2. The highest BCUT2D eigenvalue weighted by atomic mass is 79.9. The summed E-state index contributed by atoms with van der Waals surface area (Å²) in [5, 5.41) is 5.22. The molecule has 0 bridgehead atoms. The SMILES string of the molecule is COc1ccc(N2C(=O)NC(=O)/C(=C\c3cc(Br)c(OCC(=O)Nc4ccccc4Cl)c(OC)c3)C2=O)cc1. The van der Waals surface area contributed by atoms with Crippen molar-refractivity contribution in [3.63, 3.8) is 0 Å². The van der Waals surface area contributed by atoms with Crippen LogP contribution in [0.15, 0.2) is 70.7 Å². The van der Waals surface area contributed by atoms with Crippen molar-refractivity contribution >= 4 is 68.7 Å². The third-order valence-electron chi connectivity index (χ3n) is 5.49. The number of nitrogens with zero attached hydrogens (tertiary/aromatic N) is 1. The Morgan fingerprint density at radius 2 is 1.77 bits per heavy atom. The predicted molar refractivity (Wildman–Crippen MR) is 148 cm³/mol. The molecule has 0 saturated carbocycles. The van der Waals surface area contributed by atoms with E-state index in [0.29, 0.717) is 26.5 Å². The number of carbonyl (C=O) groups is 4. The molecule has 1 heterocycles. The van der Waals surface area contributed by atoms with Crippen LogP contribution in [0, 0.1) is 0 Å². The van der Waals surface area contributed by atoms with E-state index < -0.39 is 23.8 Å². The molecule has 1 fully saturated rings. The minimum Gasteiger partial charge on any atom is -0.497 e. The zero-order valence-electron chi connectivity index (χ0n) is 20.6. The van der Waals surface area contributed by atoms with Crippen molar-refractivity contribution in [3.05, 3.63) is 81.3 Å². The molecule has 0 aliphatic carbocycles. The van der Waals surface area contributed by atoms with Crippen LogP contribution < -0.4 is 29.7 Å². The molecule has 1 aliphatic heterocycles. The first kappa shape index (κ1) is 27.7. The molecule has 2 N–H and O–H groups in total. The highest BCUT2D eigenvalue weighted by molar-refractivity contribution is 9.10. The van der Waals surface area contributed by atoms with Crippen LogP contribution in [-0.4, -0.2) is 44.6 Å². The molecule has 1 aliphatic rings. The van der Waals surface area contributed by atoms with Gasteiger partial charge in [0.1, 0.15) is 11.3 Å². The Hall–Kier alpha value is -4.35. The first-order valence-corrected chi connectivity index (χ1v) is 12.5. The number of barbiturate groups is 1. The fourth-order valence-electron chi connectivity index (χ4n) is 3.64. The van der Waals surface area contributed by atoms with Gasteiger partial charge < -0.3 is 19.5 Å². The highest BCUT2D eigenvalue weighted by Gasteiger charge is 2.37. The second-order valence-electron chi connectivity index (χ2n) is 8.01. The molecule has 3 aromatic carbocycles. The van der Waals surface area contributed by atoms with E-state index in [9.17, 15) is 19.2 Å². The van der Waals surface area contributed by atoms with Crippen LogP contribution in [0.4, 0.5) is 16.2 Å². The maximum atomic E-state index is 13.2. The van der Waals surface area contributed by atoms with Crippen LogP contribution in [0.1, 0.15) is 5.56 Å². The first-order chi connectivity index (χ1) is 18.7. The summed E-state index contributed by atoms with van der Waals surface area (Å²) in [7, 11) is 2.89. The molecule has 4 rings (SSSR count). The fourth-order valence-corrected chi connectivity index (χ4v) is 4.40. The van der Waals surface area contributed by atoms with E-state index in [0.717, 1.165) is 4.90 Å². The van der Waals surface area contributed by atoms with E-state index >= 15 is 0 Å². The molecule has 0 atom stereocenters. The zero-order chi connectivity index (χ0) is 28.1. The number of benzene rings is 3. The van der Waals surface area contributed by atoms with Crippen LogP contribution in [0.25, 0.3) is 6.08 Å². The Morgan fingerprint density at radius 3 is 2.44 bits per heavy atom. The molecule has 0 spiro atoms. The van der Waals surface area contributed by atoms with Crippen molar-refractivity contribution in [3.8, 4) is 17.2 Å². The van der Waals surface area contributed by atoms with Gasteiger partial charge in [0.2, 0.25) is 0 Å². The highest BCUT2D eigenvalue weighted by Crippen LogP contribution is 2.37. The molecule has 0 unspecified atom stereocenters. The van der Waals surface area contributed by atoms with Crippen molar-refractivity contribution in [1.82, 2.24) is 5.32 Å². The zero-order valence-corrected chi connectivity index (χ0v) is 23.0. The number of ether oxygens (including phenoxy) is 3. The van der Waals surface area contributed by atoms with Crippen LogP contribution in [-0.2, 0) is 14.4 Å². The van der Waals surface area contributed by atoms with Gasteiger partial charge in [-0.1, -0.05) is 23.7 Å². The van der Waals surface area contributed by atoms with Gasteiger partial charge in [0, 0.05) is 0 Å². The lowest BCUT2D eigenvalue weighted by Gasteiger charge is -2.26. The van der Waals surface area contributed by atoms with E-state index in [2.05, 4.69) is 26.6 Å². The van der Waals surface area contributed by atoms with Crippen LogP contribution >= 0.6 is 27.5 Å². The molecular weight excluding hydrogens is 594 g/mol. The molecule has 200 valence electrons. The first-order valence-electron chi connectivity index (χ1n) is 11.3. The lowest BCUT2D eigenvalue weighted by atomic mass is 10.1. The number of anilines is 2. The summed E-state index contributed by atoms with van der Waals surface area (Å²) in [5.74, 6) is -1.11. The topological polar surface area (TPSA) is 123 Å². The van der Waals surface area contributed by atoms with Gasteiger partial charge in [-0.2, -0.15) is 0 Å². The van der Waals surface area contributed by atoms with Crippen molar-refractivity contribution < 1.29 is 33.4 Å². The quantitative estimate of drug-likeness (QED) is 0.276. The standard InChI is InChI=1S/C27H21BrClN3O7/c1-37-17-9-7-16(8-10-17)32-26(35)18(25(34)31-27(32)36)11-15-12-19(28)24(22(13-15)38-2)39-14-23(33)30-21-6-4-3-5-20(21)29/h3-13H,14H2,1-2H3,(H,30,33)(H,31,34,36)/b18-11+. The number of halogens is 2. The maximum absolute atomic E-state index is 13.2. The third-order valence-corrected chi connectivity index (χ3v) is 6.41. The number of hydrogen-bond donors (Lipinski definition) is 2. The van der Waals surface area contributed by atoms with E-state index in [4.69, 9.17) is 25.8 Å². The monoisotopic (exact) mass is 613 g/mol. The number of rotatable bonds is 8. The van der Waals surface area contributed by atoms with Gasteiger partial charge in [-0.15, -0.1) is 0 Å². The average Bonchev–Trinajstić information content (AvgIpc) is 2.91. The van der Waals surface area contributed by atoms with E-state index in [-0.39, 0.29) is 29.4 Å². The Labute approximate surface area is 236 Å². The van der Waals surface area contributed by atoms with Crippen molar-refractivity contribution in [2.24, 2.45) is 0 Å². The fraction of sp³-hybridized carbons (Fsp3) is 0.111. The summed E-state index contributed by atoms with van der Waals surface area (Å²) < 4.78 is 16.6. The van der Waals surface area contributed by atoms with E-state index in [1.807, 2.05) is 0 Å². The largest absolute Gasteiger partial charge is 0.497 e. The van der Waals surface area contributed by atoms with Crippen LogP contribution in [0.2, 0.25) is 5.02 Å². The number of amides is 5. The number of imide groups is 2. The third kappa shape index (κ3) is 6.21. The molecule has 10 nitrogen and oxygen atoms in total. The minimum absolute atomic E-state index is 0.225. The van der Waals surface area contributed by atoms with E-state index in [1.165, 1.54) is 38.5 Å². The summed E-state index contributed by atoms with van der Waals surface area (Å²) >= 11 is 9.46. The smallest absolute Gasteiger partial charge is 0.335 e. The van der Waals surface area contributed by atoms with Gasteiger partial charge in [0.25, 0.3) is 17.7 Å². The minimum atomic E-state index is -0.870. The molecule has 39 heavy (non-hydrogen) atoms. The number of methoxy groups -OCH3 is 2. The Kier molecular flexibility index (Phi) is 8.52. The van der Waals surface area contributed by atoms with Crippen molar-refractivity contribution in [1.29, 1.82) is 0 Å². The lowest BCUT2D eigenvalue weighted by molar-refractivity contribution is -0.122. The molecule has 0 aromatic heterocycles. The van der Waals surface area contributed by atoms with Gasteiger partial charge in [-0.05, 0) is 76.1 Å². The Bertz CT molecular complexity index is 1490. The van der Waals surface area contributed by atoms with Crippen molar-refractivity contribution in [2.45, 2.75) is 0 Å². The Balaban J connectivity index is 1.56. The summed E-state index contributed by atoms with van der Waals surface area (Å²) in [6.45, 7) is -0.347. The average molecular weight is 615 g/mol. The predicted octanol–water partition coefficient (Wildman–Crippen LogP) is 4.80. The summed E-state index contributed by atoms with van der Waals surface area (Å²) in [4.78, 5) is 51.4. The summed E-state index contributed by atoms with van der Waals surface area (Å²) in [5.41, 5.74) is 0.828. The Morgan fingerprint density at radius 1 is 1.05 bits per heavy atom. The van der Waals surface area contributed by atoms with Crippen LogP contribution in [0.5, 0.6) is 17.2 Å². The second-order valence-corrected chi connectivity index (χ2v) is 9.27. The summed E-state index contributed by atoms with van der Waals surface area (Å²) in [6.07, 6.45) is 1.32. The molecule has 5 amide bonds. The number of para-hydroxylation sites is 1. The van der Waals surface area contributed by atoms with Crippen molar-refractivity contribution in [2.75, 3.05) is 31.0 Å². The number of urea groups is 1. The molecule has 1 saturated heterocycles. The van der Waals surface area contributed by atoms with Gasteiger partial charge in [0.15, 0.2) is 18.1 Å². The number of carbonyl (C=O) groups excluding carboxylic acids is 4. The molecule has 0 radical (unpaired) electrons. The molecule has 3 aromatic rings. The van der Waals surface area contributed by atoms with E-state index in [1.54, 1.807) is 42.5 Å².